The standard InChI is InChI=1S/C22H36O4/c1-13(2)8-7-9-14(3)16-12-17(23)19-18(16)20-15(4)10-11-22(20,25-6)26-21(19)24-5/h8-9,15-21,23H,7,10-12H2,1-6H3/b14-9-/t15-,16+,17-,18-,19-,20+,21-,22+/m1/s1. The molecule has 0 amide bonds. The fourth-order valence-corrected chi connectivity index (χ4v) is 5.86. The number of hydrogen-bond donors (Lipinski definition) is 1. The van der Waals surface area contributed by atoms with E-state index in [1.165, 1.54) is 11.1 Å². The largest absolute Gasteiger partial charge is 0.393 e. The van der Waals surface area contributed by atoms with Crippen molar-refractivity contribution in [2.75, 3.05) is 14.2 Å². The number of hydrogen-bond acceptors (Lipinski definition) is 4. The van der Waals surface area contributed by atoms with Gasteiger partial charge in [-0.05, 0) is 57.8 Å². The van der Waals surface area contributed by atoms with Crippen molar-refractivity contribution in [3.05, 3.63) is 23.3 Å². The van der Waals surface area contributed by atoms with Gasteiger partial charge in [0.25, 0.3) is 0 Å². The molecular formula is C22H36O4. The van der Waals surface area contributed by atoms with Gasteiger partial charge in [0.15, 0.2) is 12.1 Å². The Morgan fingerprint density at radius 3 is 2.54 bits per heavy atom. The lowest BCUT2D eigenvalue weighted by molar-refractivity contribution is -0.367. The van der Waals surface area contributed by atoms with Crippen LogP contribution in [0.5, 0.6) is 0 Å². The zero-order chi connectivity index (χ0) is 19.1. The SMILES string of the molecule is CO[C@@H]1O[C@@]2(OC)CC[C@@H](C)[C@H]2[C@H]2[C@H]1[C@H](O)C[C@H]2/C(C)=C\CC=C(C)C. The molecular weight excluding hydrogens is 328 g/mol. The third kappa shape index (κ3) is 3.30. The minimum absolute atomic E-state index is 0.0191. The van der Waals surface area contributed by atoms with Gasteiger partial charge in [-0.3, -0.25) is 0 Å². The van der Waals surface area contributed by atoms with Gasteiger partial charge in [-0.2, -0.15) is 0 Å². The highest BCUT2D eigenvalue weighted by molar-refractivity contribution is 5.17. The molecule has 0 radical (unpaired) electrons. The van der Waals surface area contributed by atoms with Crippen LogP contribution in [0.3, 0.4) is 0 Å². The summed E-state index contributed by atoms with van der Waals surface area (Å²) in [5.74, 6) is 0.984. The Labute approximate surface area is 158 Å². The van der Waals surface area contributed by atoms with Gasteiger partial charge >= 0.3 is 0 Å². The van der Waals surface area contributed by atoms with E-state index >= 15 is 0 Å². The first-order valence-electron chi connectivity index (χ1n) is 10.1. The highest BCUT2D eigenvalue weighted by Gasteiger charge is 2.65. The molecule has 1 N–H and O–H groups in total. The molecule has 0 aromatic carbocycles. The number of rotatable bonds is 5. The van der Waals surface area contributed by atoms with Gasteiger partial charge in [-0.1, -0.05) is 30.2 Å². The summed E-state index contributed by atoms with van der Waals surface area (Å²) >= 11 is 0. The fourth-order valence-electron chi connectivity index (χ4n) is 5.86. The van der Waals surface area contributed by atoms with Gasteiger partial charge in [0.2, 0.25) is 0 Å². The van der Waals surface area contributed by atoms with Crippen LogP contribution in [-0.4, -0.2) is 37.5 Å². The van der Waals surface area contributed by atoms with E-state index in [0.29, 0.717) is 23.7 Å². The quantitative estimate of drug-likeness (QED) is 0.739. The van der Waals surface area contributed by atoms with Gasteiger partial charge in [0.05, 0.1) is 6.10 Å². The zero-order valence-electron chi connectivity index (χ0n) is 17.2. The third-order valence-corrected chi connectivity index (χ3v) is 7.09. The van der Waals surface area contributed by atoms with E-state index in [9.17, 15) is 5.11 Å². The minimum atomic E-state index is -0.566. The first kappa shape index (κ1) is 20.1. The second kappa shape index (κ2) is 7.75. The number of methoxy groups -OCH3 is 2. The van der Waals surface area contributed by atoms with Crippen molar-refractivity contribution < 1.29 is 19.3 Å². The number of ether oxygens (including phenoxy) is 3. The molecule has 1 saturated heterocycles. The molecule has 4 heteroatoms. The van der Waals surface area contributed by atoms with Gasteiger partial charge in [0.1, 0.15) is 0 Å². The third-order valence-electron chi connectivity index (χ3n) is 7.09. The molecule has 8 atom stereocenters. The maximum atomic E-state index is 10.9. The van der Waals surface area contributed by atoms with Crippen molar-refractivity contribution in [3.63, 3.8) is 0 Å². The van der Waals surface area contributed by atoms with Crippen LogP contribution in [0.15, 0.2) is 23.3 Å². The molecule has 2 saturated carbocycles. The van der Waals surface area contributed by atoms with Crippen LogP contribution < -0.4 is 0 Å². The highest BCUT2D eigenvalue weighted by atomic mass is 16.8. The smallest absolute Gasteiger partial charge is 0.174 e. The summed E-state index contributed by atoms with van der Waals surface area (Å²) in [4.78, 5) is 0. The Balaban J connectivity index is 1.95. The minimum Gasteiger partial charge on any atom is -0.393 e. The second-order valence-corrected chi connectivity index (χ2v) is 8.81. The molecule has 0 aromatic rings. The van der Waals surface area contributed by atoms with E-state index in [-0.39, 0.29) is 12.0 Å². The molecule has 0 bridgehead atoms. The van der Waals surface area contributed by atoms with Crippen LogP contribution in [0.4, 0.5) is 0 Å². The van der Waals surface area contributed by atoms with Crippen LogP contribution in [0.2, 0.25) is 0 Å². The predicted octanol–water partition coefficient (Wildman–Crippen LogP) is 4.29. The van der Waals surface area contributed by atoms with Gasteiger partial charge in [0, 0.05) is 32.5 Å². The van der Waals surface area contributed by atoms with Gasteiger partial charge < -0.3 is 19.3 Å². The molecule has 3 rings (SSSR count). The van der Waals surface area contributed by atoms with Crippen LogP contribution in [0.1, 0.15) is 53.4 Å². The van der Waals surface area contributed by atoms with Crippen LogP contribution in [0.25, 0.3) is 0 Å². The van der Waals surface area contributed by atoms with Crippen LogP contribution in [0, 0.1) is 29.6 Å². The van der Waals surface area contributed by atoms with E-state index < -0.39 is 12.1 Å². The van der Waals surface area contributed by atoms with Crippen LogP contribution >= 0.6 is 0 Å². The Morgan fingerprint density at radius 2 is 1.92 bits per heavy atom. The Morgan fingerprint density at radius 1 is 1.19 bits per heavy atom. The summed E-state index contributed by atoms with van der Waals surface area (Å²) in [5, 5.41) is 10.9. The summed E-state index contributed by atoms with van der Waals surface area (Å²) in [5.41, 5.74) is 2.72. The van der Waals surface area contributed by atoms with Gasteiger partial charge in [-0.25, -0.2) is 0 Å². The highest BCUT2D eigenvalue weighted by Crippen LogP contribution is 2.61. The lowest BCUT2D eigenvalue weighted by Crippen LogP contribution is -2.57. The fraction of sp³-hybridized carbons (Fsp3) is 0.818. The van der Waals surface area contributed by atoms with Crippen molar-refractivity contribution in [2.24, 2.45) is 29.6 Å². The number of aliphatic hydroxyl groups is 1. The molecule has 26 heavy (non-hydrogen) atoms. The molecule has 4 nitrogen and oxygen atoms in total. The molecule has 2 aliphatic carbocycles. The molecule has 1 aliphatic heterocycles. The van der Waals surface area contributed by atoms with E-state index in [2.05, 4.69) is 39.8 Å². The van der Waals surface area contributed by atoms with Crippen molar-refractivity contribution in [1.82, 2.24) is 0 Å². The van der Waals surface area contributed by atoms with Crippen molar-refractivity contribution in [3.8, 4) is 0 Å². The van der Waals surface area contributed by atoms with E-state index in [1.54, 1.807) is 14.2 Å². The lowest BCUT2D eigenvalue weighted by atomic mass is 9.68. The molecule has 0 spiro atoms. The van der Waals surface area contributed by atoms with Crippen molar-refractivity contribution in [2.45, 2.75) is 71.6 Å². The van der Waals surface area contributed by atoms with Crippen molar-refractivity contribution >= 4 is 0 Å². The van der Waals surface area contributed by atoms with E-state index in [4.69, 9.17) is 14.2 Å². The first-order valence-corrected chi connectivity index (χ1v) is 10.1. The molecule has 3 fully saturated rings. The first-order chi connectivity index (χ1) is 12.3. The predicted molar refractivity (Wildman–Crippen MR) is 102 cm³/mol. The lowest BCUT2D eigenvalue weighted by Gasteiger charge is -2.50. The van der Waals surface area contributed by atoms with Crippen molar-refractivity contribution in [1.29, 1.82) is 0 Å². The summed E-state index contributed by atoms with van der Waals surface area (Å²) in [7, 11) is 3.44. The Kier molecular flexibility index (Phi) is 5.98. The van der Waals surface area contributed by atoms with E-state index in [0.717, 1.165) is 25.7 Å². The maximum absolute atomic E-state index is 10.9. The van der Waals surface area contributed by atoms with Gasteiger partial charge in [-0.15, -0.1) is 0 Å². The average molecular weight is 365 g/mol. The summed E-state index contributed by atoms with van der Waals surface area (Å²) < 4.78 is 18.0. The number of allylic oxidation sites excluding steroid dienone is 4. The van der Waals surface area contributed by atoms with E-state index in [1.807, 2.05) is 0 Å². The summed E-state index contributed by atoms with van der Waals surface area (Å²) in [6.07, 6.45) is 7.56. The summed E-state index contributed by atoms with van der Waals surface area (Å²) in [6, 6.07) is 0. The molecule has 1 heterocycles. The molecule has 148 valence electrons. The molecule has 0 unspecified atom stereocenters. The zero-order valence-corrected chi connectivity index (χ0v) is 17.2. The summed E-state index contributed by atoms with van der Waals surface area (Å²) in [6.45, 7) is 8.80. The second-order valence-electron chi connectivity index (χ2n) is 8.81. The average Bonchev–Trinajstić information content (AvgIpc) is 3.12. The number of fused-ring (bicyclic) bond motifs is 3. The maximum Gasteiger partial charge on any atom is 0.174 e. The van der Waals surface area contributed by atoms with Crippen LogP contribution in [-0.2, 0) is 14.2 Å². The molecule has 3 aliphatic rings. The molecule has 0 aromatic heterocycles. The topological polar surface area (TPSA) is 47.9 Å². The number of aliphatic hydroxyl groups excluding tert-OH is 1. The Hall–Kier alpha value is -0.680. The monoisotopic (exact) mass is 364 g/mol. The normalized spacial score (nSPS) is 45.3. The Bertz CT molecular complexity index is 564.